The van der Waals surface area contributed by atoms with E-state index in [-0.39, 0.29) is 12.6 Å². The molecule has 0 radical (unpaired) electrons. The summed E-state index contributed by atoms with van der Waals surface area (Å²) >= 11 is 0. The number of aliphatic carboxylic acids is 1. The van der Waals surface area contributed by atoms with Crippen molar-refractivity contribution in [3.63, 3.8) is 0 Å². The Kier molecular flexibility index (Phi) is 5.00. The minimum absolute atomic E-state index is 0.179. The molecule has 1 saturated heterocycles. The summed E-state index contributed by atoms with van der Waals surface area (Å²) < 4.78 is 0. The number of nitrogens with zero attached hydrogens (tertiary/aromatic N) is 2. The standard InChI is InChI=1S/C16H23N3O3/c1-12-5-3-6-13(18-12)7-4-9-17-15(22)19-10-8-16(2,11-19)14(20)21/h3,5-6H,4,7-11H2,1-2H3,(H,17,22)(H,20,21). The SMILES string of the molecule is Cc1cccc(CCCNC(=O)N2CCC(C)(C(=O)O)C2)n1. The molecule has 6 heteroatoms. The summed E-state index contributed by atoms with van der Waals surface area (Å²) in [7, 11) is 0. The number of hydrogen-bond acceptors (Lipinski definition) is 3. The van der Waals surface area contributed by atoms with Gasteiger partial charge >= 0.3 is 12.0 Å². The van der Waals surface area contributed by atoms with Gasteiger partial charge in [0.2, 0.25) is 0 Å². The Morgan fingerprint density at radius 3 is 2.86 bits per heavy atom. The third-order valence-corrected chi connectivity index (χ3v) is 4.11. The van der Waals surface area contributed by atoms with E-state index in [0.717, 1.165) is 24.2 Å². The number of carboxylic acid groups (broad SMARTS) is 1. The fraction of sp³-hybridized carbons (Fsp3) is 0.562. The molecule has 1 aromatic rings. The van der Waals surface area contributed by atoms with Crippen LogP contribution in [0.3, 0.4) is 0 Å². The van der Waals surface area contributed by atoms with Gasteiger partial charge in [0.1, 0.15) is 0 Å². The van der Waals surface area contributed by atoms with Gasteiger partial charge in [-0.3, -0.25) is 9.78 Å². The number of hydrogen-bond donors (Lipinski definition) is 2. The van der Waals surface area contributed by atoms with Gasteiger partial charge in [-0.2, -0.15) is 0 Å². The van der Waals surface area contributed by atoms with Crippen LogP contribution in [0.2, 0.25) is 0 Å². The van der Waals surface area contributed by atoms with Crippen LogP contribution < -0.4 is 5.32 Å². The van der Waals surface area contributed by atoms with Gasteiger partial charge in [0.25, 0.3) is 0 Å². The van der Waals surface area contributed by atoms with Gasteiger partial charge < -0.3 is 15.3 Å². The van der Waals surface area contributed by atoms with Crippen molar-refractivity contribution in [2.75, 3.05) is 19.6 Å². The van der Waals surface area contributed by atoms with Crippen molar-refractivity contribution >= 4 is 12.0 Å². The van der Waals surface area contributed by atoms with Crippen molar-refractivity contribution in [2.24, 2.45) is 5.41 Å². The minimum Gasteiger partial charge on any atom is -0.481 e. The predicted octanol–water partition coefficient (Wildman–Crippen LogP) is 1.83. The summed E-state index contributed by atoms with van der Waals surface area (Å²) in [5.41, 5.74) is 1.20. The first kappa shape index (κ1) is 16.3. The zero-order chi connectivity index (χ0) is 16.2. The molecule has 6 nitrogen and oxygen atoms in total. The molecule has 1 aliphatic rings. The van der Waals surface area contributed by atoms with E-state index in [9.17, 15) is 9.59 Å². The van der Waals surface area contributed by atoms with Crippen molar-refractivity contribution in [1.29, 1.82) is 0 Å². The molecular weight excluding hydrogens is 282 g/mol. The van der Waals surface area contributed by atoms with E-state index in [1.807, 2.05) is 25.1 Å². The fourth-order valence-corrected chi connectivity index (χ4v) is 2.62. The Balaban J connectivity index is 1.71. The second kappa shape index (κ2) is 6.77. The lowest BCUT2D eigenvalue weighted by molar-refractivity contribution is -0.146. The Morgan fingerprint density at radius 2 is 2.23 bits per heavy atom. The van der Waals surface area contributed by atoms with Crippen molar-refractivity contribution < 1.29 is 14.7 Å². The van der Waals surface area contributed by atoms with Crippen LogP contribution in [0, 0.1) is 12.3 Å². The van der Waals surface area contributed by atoms with Crippen LogP contribution in [0.25, 0.3) is 0 Å². The third kappa shape index (κ3) is 3.96. The molecule has 1 aliphatic heterocycles. The monoisotopic (exact) mass is 305 g/mol. The lowest BCUT2D eigenvalue weighted by Gasteiger charge is -2.20. The highest BCUT2D eigenvalue weighted by Crippen LogP contribution is 2.29. The summed E-state index contributed by atoms with van der Waals surface area (Å²) in [5.74, 6) is -0.840. The van der Waals surface area contributed by atoms with Crippen LogP contribution in [-0.2, 0) is 11.2 Å². The Hall–Kier alpha value is -2.11. The normalized spacial score (nSPS) is 20.9. The quantitative estimate of drug-likeness (QED) is 0.813. The molecular formula is C16H23N3O3. The van der Waals surface area contributed by atoms with Crippen molar-refractivity contribution in [1.82, 2.24) is 15.2 Å². The van der Waals surface area contributed by atoms with Crippen LogP contribution >= 0.6 is 0 Å². The third-order valence-electron chi connectivity index (χ3n) is 4.11. The lowest BCUT2D eigenvalue weighted by Crippen LogP contribution is -2.41. The van der Waals surface area contributed by atoms with Crippen molar-refractivity contribution in [3.8, 4) is 0 Å². The maximum atomic E-state index is 12.0. The number of nitrogens with one attached hydrogen (secondary N) is 1. The number of amides is 2. The van der Waals surface area contributed by atoms with E-state index in [2.05, 4.69) is 10.3 Å². The summed E-state index contributed by atoms with van der Waals surface area (Å²) in [6, 6.07) is 5.74. The van der Waals surface area contributed by atoms with Crippen LogP contribution in [-0.4, -0.2) is 46.6 Å². The zero-order valence-electron chi connectivity index (χ0n) is 13.1. The molecule has 0 saturated carbocycles. The van der Waals surface area contributed by atoms with Crippen molar-refractivity contribution in [2.45, 2.75) is 33.1 Å². The van der Waals surface area contributed by atoms with Crippen LogP contribution in [0.15, 0.2) is 18.2 Å². The summed E-state index contributed by atoms with van der Waals surface area (Å²) in [4.78, 5) is 29.2. The van der Waals surface area contributed by atoms with Crippen LogP contribution in [0.1, 0.15) is 31.2 Å². The van der Waals surface area contributed by atoms with Gasteiger partial charge in [-0.25, -0.2) is 4.79 Å². The molecule has 22 heavy (non-hydrogen) atoms. The molecule has 0 spiro atoms. The van der Waals surface area contributed by atoms with Crippen LogP contribution in [0.5, 0.6) is 0 Å². The number of carbonyl (C=O) groups is 2. The predicted molar refractivity (Wildman–Crippen MR) is 82.6 cm³/mol. The van der Waals surface area contributed by atoms with Crippen molar-refractivity contribution in [3.05, 3.63) is 29.6 Å². The Labute approximate surface area is 130 Å². The highest BCUT2D eigenvalue weighted by Gasteiger charge is 2.42. The van der Waals surface area contributed by atoms with E-state index < -0.39 is 11.4 Å². The van der Waals surface area contributed by atoms with Gasteiger partial charge in [-0.1, -0.05) is 6.07 Å². The second-order valence-electron chi connectivity index (χ2n) is 6.14. The lowest BCUT2D eigenvalue weighted by atomic mass is 9.90. The molecule has 2 heterocycles. The Bertz CT molecular complexity index is 561. The highest BCUT2D eigenvalue weighted by molar-refractivity contribution is 5.79. The molecule has 0 aromatic carbocycles. The van der Waals surface area contributed by atoms with E-state index in [1.165, 1.54) is 0 Å². The molecule has 0 aliphatic carbocycles. The molecule has 1 unspecified atom stereocenters. The number of likely N-dealkylation sites (tertiary alicyclic amines) is 1. The number of pyridine rings is 1. The highest BCUT2D eigenvalue weighted by atomic mass is 16.4. The number of urea groups is 1. The average Bonchev–Trinajstić information content (AvgIpc) is 2.88. The van der Waals surface area contributed by atoms with Gasteiger partial charge in [0, 0.05) is 31.0 Å². The molecule has 1 atom stereocenters. The molecule has 2 rings (SSSR count). The zero-order valence-corrected chi connectivity index (χ0v) is 13.1. The van der Waals surface area contributed by atoms with Crippen LogP contribution in [0.4, 0.5) is 4.79 Å². The van der Waals surface area contributed by atoms with E-state index in [4.69, 9.17) is 5.11 Å². The largest absolute Gasteiger partial charge is 0.481 e. The maximum Gasteiger partial charge on any atom is 0.317 e. The van der Waals surface area contributed by atoms with Gasteiger partial charge in [0.05, 0.1) is 5.41 Å². The van der Waals surface area contributed by atoms with Gasteiger partial charge in [0.15, 0.2) is 0 Å². The number of carboxylic acids is 1. The van der Waals surface area contributed by atoms with E-state index in [0.29, 0.717) is 19.5 Å². The molecule has 120 valence electrons. The van der Waals surface area contributed by atoms with E-state index >= 15 is 0 Å². The second-order valence-corrected chi connectivity index (χ2v) is 6.14. The first-order chi connectivity index (χ1) is 10.4. The molecule has 0 bridgehead atoms. The first-order valence-electron chi connectivity index (χ1n) is 7.59. The Morgan fingerprint density at radius 1 is 1.45 bits per heavy atom. The maximum absolute atomic E-state index is 12.0. The van der Waals surface area contributed by atoms with Gasteiger partial charge in [-0.05, 0) is 45.2 Å². The topological polar surface area (TPSA) is 82.5 Å². The van der Waals surface area contributed by atoms with E-state index in [1.54, 1.807) is 11.8 Å². The summed E-state index contributed by atoms with van der Waals surface area (Å²) in [6.45, 7) is 4.97. The molecule has 2 N–H and O–H groups in total. The first-order valence-corrected chi connectivity index (χ1v) is 7.59. The average molecular weight is 305 g/mol. The molecule has 1 fully saturated rings. The molecule has 1 aromatic heterocycles. The number of aryl methyl sites for hydroxylation is 2. The number of aromatic nitrogens is 1. The van der Waals surface area contributed by atoms with Gasteiger partial charge in [-0.15, -0.1) is 0 Å². The number of rotatable bonds is 5. The summed E-state index contributed by atoms with van der Waals surface area (Å²) in [6.07, 6.45) is 2.13. The summed E-state index contributed by atoms with van der Waals surface area (Å²) in [5, 5.41) is 12.0. The smallest absolute Gasteiger partial charge is 0.317 e. The molecule has 2 amide bonds. The minimum atomic E-state index is -0.840. The number of carbonyl (C=O) groups excluding carboxylic acids is 1. The fourth-order valence-electron chi connectivity index (χ4n) is 2.62.